The van der Waals surface area contributed by atoms with Crippen molar-refractivity contribution in [2.45, 2.75) is 5.37 Å². The zero-order valence-corrected chi connectivity index (χ0v) is 12.0. The highest BCUT2D eigenvalue weighted by atomic mass is 32.2. The molecule has 1 aliphatic heterocycles. The maximum absolute atomic E-state index is 12.6. The van der Waals surface area contributed by atoms with Crippen LogP contribution in [0.25, 0.3) is 0 Å². The molecule has 1 unspecified atom stereocenters. The molecule has 2 aromatic carbocycles. The number of para-hydroxylation sites is 1. The minimum atomic E-state index is -0.384. The molecule has 5 heteroatoms. The van der Waals surface area contributed by atoms with Gasteiger partial charge >= 0.3 is 0 Å². The van der Waals surface area contributed by atoms with Crippen LogP contribution in [0.15, 0.2) is 54.6 Å². The molecular formula is C16H14N2O2S. The van der Waals surface area contributed by atoms with E-state index in [0.717, 1.165) is 11.3 Å². The highest BCUT2D eigenvalue weighted by Gasteiger charge is 2.37. The molecule has 0 spiro atoms. The second-order valence-corrected chi connectivity index (χ2v) is 5.80. The van der Waals surface area contributed by atoms with Gasteiger partial charge in [0.05, 0.1) is 5.75 Å². The largest absolute Gasteiger partial charge is 0.369 e. The third kappa shape index (κ3) is 2.52. The number of hydrogen-bond acceptors (Lipinski definition) is 3. The van der Waals surface area contributed by atoms with E-state index in [4.69, 9.17) is 5.73 Å². The first-order chi connectivity index (χ1) is 10.2. The van der Waals surface area contributed by atoms with E-state index in [2.05, 4.69) is 0 Å². The Kier molecular flexibility index (Phi) is 3.66. The van der Waals surface area contributed by atoms with Gasteiger partial charge in [-0.05, 0) is 23.8 Å². The Morgan fingerprint density at radius 3 is 2.48 bits per heavy atom. The van der Waals surface area contributed by atoms with Crippen molar-refractivity contribution in [1.29, 1.82) is 0 Å². The number of rotatable bonds is 4. The van der Waals surface area contributed by atoms with Crippen molar-refractivity contribution in [2.24, 2.45) is 5.73 Å². The summed E-state index contributed by atoms with van der Waals surface area (Å²) in [5.41, 5.74) is 7.68. The predicted molar refractivity (Wildman–Crippen MR) is 84.1 cm³/mol. The van der Waals surface area contributed by atoms with E-state index in [1.54, 1.807) is 4.90 Å². The molecule has 0 bridgehead atoms. The number of carbonyl (C=O) groups excluding carboxylic acids is 2. The van der Waals surface area contributed by atoms with Crippen LogP contribution in [-0.2, 0) is 4.79 Å². The Morgan fingerprint density at radius 1 is 1.10 bits per heavy atom. The van der Waals surface area contributed by atoms with Gasteiger partial charge in [0.15, 0.2) is 0 Å². The zero-order valence-electron chi connectivity index (χ0n) is 11.2. The molecule has 0 fully saturated rings. The lowest BCUT2D eigenvalue weighted by atomic mass is 10.1. The van der Waals surface area contributed by atoms with Gasteiger partial charge in [0, 0.05) is 11.3 Å². The van der Waals surface area contributed by atoms with Crippen LogP contribution in [0.2, 0.25) is 0 Å². The van der Waals surface area contributed by atoms with Crippen molar-refractivity contribution >= 4 is 29.3 Å². The topological polar surface area (TPSA) is 63.4 Å². The van der Waals surface area contributed by atoms with Crippen LogP contribution in [0.5, 0.6) is 0 Å². The summed E-state index contributed by atoms with van der Waals surface area (Å²) in [4.78, 5) is 25.5. The highest BCUT2D eigenvalue weighted by molar-refractivity contribution is 8.00. The molecule has 0 saturated heterocycles. The highest BCUT2D eigenvalue weighted by Crippen LogP contribution is 2.43. The van der Waals surface area contributed by atoms with Gasteiger partial charge in [-0.1, -0.05) is 36.4 Å². The number of benzene rings is 2. The lowest BCUT2D eigenvalue weighted by Gasteiger charge is -2.24. The first kappa shape index (κ1) is 13.7. The van der Waals surface area contributed by atoms with Crippen molar-refractivity contribution in [3.05, 3.63) is 65.7 Å². The smallest absolute Gasteiger partial charge is 0.259 e. The SMILES string of the molecule is NC(=O)CSC1c2ccccc2C(=O)N1c1ccccc1. The number of amides is 2. The molecule has 4 nitrogen and oxygen atoms in total. The number of nitrogens with two attached hydrogens (primary N) is 1. The van der Waals surface area contributed by atoms with E-state index in [9.17, 15) is 9.59 Å². The molecule has 1 aliphatic rings. The molecular weight excluding hydrogens is 284 g/mol. The maximum Gasteiger partial charge on any atom is 0.259 e. The molecule has 2 amide bonds. The molecule has 1 heterocycles. The molecule has 0 saturated carbocycles. The van der Waals surface area contributed by atoms with E-state index in [1.807, 2.05) is 54.6 Å². The second-order valence-electron chi connectivity index (χ2n) is 4.73. The summed E-state index contributed by atoms with van der Waals surface area (Å²) in [6.45, 7) is 0. The Morgan fingerprint density at radius 2 is 1.76 bits per heavy atom. The summed E-state index contributed by atoms with van der Waals surface area (Å²) in [6, 6.07) is 17.0. The fourth-order valence-electron chi connectivity index (χ4n) is 2.45. The first-order valence-corrected chi connectivity index (χ1v) is 7.61. The summed E-state index contributed by atoms with van der Waals surface area (Å²) in [7, 11) is 0. The van der Waals surface area contributed by atoms with Crippen molar-refractivity contribution in [3.63, 3.8) is 0 Å². The van der Waals surface area contributed by atoms with E-state index in [-0.39, 0.29) is 22.9 Å². The number of nitrogens with zero attached hydrogens (tertiary/aromatic N) is 1. The van der Waals surface area contributed by atoms with Crippen LogP contribution in [0.4, 0.5) is 5.69 Å². The van der Waals surface area contributed by atoms with Gasteiger partial charge < -0.3 is 5.73 Å². The van der Waals surface area contributed by atoms with E-state index in [1.165, 1.54) is 11.8 Å². The lowest BCUT2D eigenvalue weighted by Crippen LogP contribution is -2.27. The average molecular weight is 298 g/mol. The first-order valence-electron chi connectivity index (χ1n) is 6.56. The summed E-state index contributed by atoms with van der Waals surface area (Å²) >= 11 is 1.37. The van der Waals surface area contributed by atoms with E-state index in [0.29, 0.717) is 5.56 Å². The monoisotopic (exact) mass is 298 g/mol. The Bertz CT molecular complexity index is 688. The number of fused-ring (bicyclic) bond motifs is 1. The number of hydrogen-bond donors (Lipinski definition) is 1. The molecule has 3 rings (SSSR count). The average Bonchev–Trinajstić information content (AvgIpc) is 2.79. The summed E-state index contributed by atoms with van der Waals surface area (Å²) < 4.78 is 0. The van der Waals surface area contributed by atoms with Gasteiger partial charge in [0.2, 0.25) is 5.91 Å². The van der Waals surface area contributed by atoms with Crippen LogP contribution < -0.4 is 10.6 Å². The number of carbonyl (C=O) groups is 2. The number of anilines is 1. The Hall–Kier alpha value is -2.27. The summed E-state index contributed by atoms with van der Waals surface area (Å²) in [6.07, 6.45) is 0. The summed E-state index contributed by atoms with van der Waals surface area (Å²) in [5, 5.41) is -0.219. The van der Waals surface area contributed by atoms with Crippen LogP contribution in [0.3, 0.4) is 0 Å². The van der Waals surface area contributed by atoms with Gasteiger partial charge in [0.25, 0.3) is 5.91 Å². The lowest BCUT2D eigenvalue weighted by molar-refractivity contribution is -0.115. The third-order valence-corrected chi connectivity index (χ3v) is 4.56. The molecule has 2 N–H and O–H groups in total. The van der Waals surface area contributed by atoms with Crippen molar-refractivity contribution < 1.29 is 9.59 Å². The molecule has 0 radical (unpaired) electrons. The van der Waals surface area contributed by atoms with E-state index < -0.39 is 0 Å². The molecule has 2 aromatic rings. The van der Waals surface area contributed by atoms with E-state index >= 15 is 0 Å². The number of thioether (sulfide) groups is 1. The normalized spacial score (nSPS) is 16.9. The van der Waals surface area contributed by atoms with Crippen molar-refractivity contribution in [1.82, 2.24) is 0 Å². The fraction of sp³-hybridized carbons (Fsp3) is 0.125. The Balaban J connectivity index is 2.02. The van der Waals surface area contributed by atoms with Gasteiger partial charge in [0.1, 0.15) is 5.37 Å². The van der Waals surface area contributed by atoms with Gasteiger partial charge in [-0.2, -0.15) is 0 Å². The summed E-state index contributed by atoms with van der Waals surface area (Å²) in [5.74, 6) is -0.251. The van der Waals surface area contributed by atoms with Gasteiger partial charge in [-0.15, -0.1) is 11.8 Å². The van der Waals surface area contributed by atoms with Crippen LogP contribution in [-0.4, -0.2) is 17.6 Å². The predicted octanol–water partition coefficient (Wildman–Crippen LogP) is 2.56. The minimum absolute atomic E-state index is 0.0428. The fourth-order valence-corrected chi connectivity index (χ4v) is 3.52. The number of primary amides is 1. The van der Waals surface area contributed by atoms with Crippen molar-refractivity contribution in [2.75, 3.05) is 10.7 Å². The quantitative estimate of drug-likeness (QED) is 0.943. The Labute approximate surface area is 126 Å². The standard InChI is InChI=1S/C16H14N2O2S/c17-14(19)10-21-16-13-9-5-4-8-12(13)15(20)18(16)11-6-2-1-3-7-11/h1-9,16H,10H2,(H2,17,19). The third-order valence-electron chi connectivity index (χ3n) is 3.33. The molecule has 0 aromatic heterocycles. The molecule has 106 valence electrons. The van der Waals surface area contributed by atoms with Crippen LogP contribution in [0.1, 0.15) is 21.3 Å². The minimum Gasteiger partial charge on any atom is -0.369 e. The van der Waals surface area contributed by atoms with Gasteiger partial charge in [-0.25, -0.2) is 0 Å². The van der Waals surface area contributed by atoms with Crippen molar-refractivity contribution in [3.8, 4) is 0 Å². The molecule has 21 heavy (non-hydrogen) atoms. The van der Waals surface area contributed by atoms with Crippen LogP contribution in [0, 0.1) is 0 Å². The van der Waals surface area contributed by atoms with Crippen LogP contribution >= 0.6 is 11.8 Å². The molecule has 0 aliphatic carbocycles. The second kappa shape index (κ2) is 5.61. The van der Waals surface area contributed by atoms with Gasteiger partial charge in [-0.3, -0.25) is 14.5 Å². The maximum atomic E-state index is 12.6. The molecule has 1 atom stereocenters. The zero-order chi connectivity index (χ0) is 14.8.